The molecule has 1 unspecified atom stereocenters. The van der Waals surface area contributed by atoms with E-state index in [4.69, 9.17) is 4.74 Å². The second-order valence-corrected chi connectivity index (χ2v) is 9.15. The molecule has 0 aromatic heterocycles. The van der Waals surface area contributed by atoms with Crippen molar-refractivity contribution in [2.75, 3.05) is 25.5 Å². The number of amides is 1. The van der Waals surface area contributed by atoms with Gasteiger partial charge in [0.1, 0.15) is 5.75 Å². The van der Waals surface area contributed by atoms with Crippen molar-refractivity contribution < 1.29 is 9.53 Å². The summed E-state index contributed by atoms with van der Waals surface area (Å²) in [6.45, 7) is 4.89. The monoisotopic (exact) mass is 426 g/mol. The van der Waals surface area contributed by atoms with Crippen LogP contribution in [0.2, 0.25) is 0 Å². The summed E-state index contributed by atoms with van der Waals surface area (Å²) in [6.07, 6.45) is 1.76. The van der Waals surface area contributed by atoms with Gasteiger partial charge in [0, 0.05) is 18.8 Å². The van der Waals surface area contributed by atoms with Crippen molar-refractivity contribution in [1.29, 1.82) is 0 Å². The average molecular weight is 427 g/mol. The first kappa shape index (κ1) is 20.8. The van der Waals surface area contributed by atoms with E-state index in [0.29, 0.717) is 0 Å². The zero-order chi connectivity index (χ0) is 22.1. The van der Waals surface area contributed by atoms with E-state index in [1.54, 1.807) is 7.11 Å². The Bertz CT molecular complexity index is 1130. The van der Waals surface area contributed by atoms with Gasteiger partial charge < -0.3 is 10.1 Å². The lowest BCUT2D eigenvalue weighted by molar-refractivity contribution is -0.124. The number of hydrogen-bond donors (Lipinski definition) is 1. The highest BCUT2D eigenvalue weighted by Gasteiger charge is 2.51. The summed E-state index contributed by atoms with van der Waals surface area (Å²) in [5, 5.41) is 3.24. The summed E-state index contributed by atoms with van der Waals surface area (Å²) in [5.74, 6) is 1.32. The molecule has 0 bridgehead atoms. The van der Waals surface area contributed by atoms with E-state index in [-0.39, 0.29) is 11.8 Å². The molecular weight excluding hydrogens is 396 g/mol. The first-order chi connectivity index (χ1) is 15.6. The molecule has 2 atom stereocenters. The largest absolute Gasteiger partial charge is 0.496 e. The number of aryl methyl sites for hydroxylation is 1. The molecule has 3 aromatic rings. The fourth-order valence-corrected chi connectivity index (χ4v) is 5.62. The Morgan fingerprint density at radius 2 is 1.84 bits per heavy atom. The number of anilines is 1. The van der Waals surface area contributed by atoms with Gasteiger partial charge in [-0.3, -0.25) is 9.69 Å². The summed E-state index contributed by atoms with van der Waals surface area (Å²) in [5.41, 5.74) is 5.20. The molecule has 2 aliphatic rings. The third-order valence-electron chi connectivity index (χ3n) is 7.26. The number of ether oxygens (including phenoxy) is 1. The van der Waals surface area contributed by atoms with Crippen molar-refractivity contribution in [3.8, 4) is 5.75 Å². The van der Waals surface area contributed by atoms with Crippen LogP contribution in [0.1, 0.15) is 28.7 Å². The Balaban J connectivity index is 1.44. The minimum absolute atomic E-state index is 0.134. The van der Waals surface area contributed by atoms with Crippen molar-refractivity contribution in [1.82, 2.24) is 4.90 Å². The first-order valence-corrected chi connectivity index (χ1v) is 11.4. The van der Waals surface area contributed by atoms with Crippen LogP contribution >= 0.6 is 0 Å². The van der Waals surface area contributed by atoms with Gasteiger partial charge in [0.15, 0.2) is 0 Å². The molecule has 1 fully saturated rings. The van der Waals surface area contributed by atoms with E-state index in [2.05, 4.69) is 71.7 Å². The second-order valence-electron chi connectivity index (χ2n) is 9.15. The lowest BCUT2D eigenvalue weighted by Crippen LogP contribution is -2.51. The smallest absolute Gasteiger partial charge is 0.235 e. The highest BCUT2D eigenvalue weighted by molar-refractivity contribution is 6.02. The molecule has 164 valence electrons. The lowest BCUT2D eigenvalue weighted by Gasteiger charge is -2.42. The number of carbonyl (C=O) groups excluding carboxylic acids is 1. The highest BCUT2D eigenvalue weighted by atomic mass is 16.5. The lowest BCUT2D eigenvalue weighted by atomic mass is 9.64. The van der Waals surface area contributed by atoms with Crippen LogP contribution in [0.3, 0.4) is 0 Å². The van der Waals surface area contributed by atoms with Gasteiger partial charge in [-0.1, -0.05) is 60.7 Å². The Kier molecular flexibility index (Phi) is 5.48. The van der Waals surface area contributed by atoms with Gasteiger partial charge in [-0.25, -0.2) is 0 Å². The van der Waals surface area contributed by atoms with Crippen LogP contribution < -0.4 is 10.1 Å². The van der Waals surface area contributed by atoms with Gasteiger partial charge in [-0.2, -0.15) is 0 Å². The van der Waals surface area contributed by atoms with E-state index in [9.17, 15) is 4.79 Å². The van der Waals surface area contributed by atoms with E-state index >= 15 is 0 Å². The van der Waals surface area contributed by atoms with Crippen LogP contribution in [0.4, 0.5) is 5.69 Å². The van der Waals surface area contributed by atoms with Crippen molar-refractivity contribution in [2.24, 2.45) is 5.92 Å². The maximum absolute atomic E-state index is 13.7. The van der Waals surface area contributed by atoms with E-state index in [1.165, 1.54) is 11.1 Å². The number of fused-ring (bicyclic) bond motifs is 1. The molecule has 1 N–H and O–H groups in total. The molecule has 3 aromatic carbocycles. The molecular formula is C28H30N2O2. The Hall–Kier alpha value is -3.11. The van der Waals surface area contributed by atoms with Crippen molar-refractivity contribution >= 4 is 11.6 Å². The zero-order valence-corrected chi connectivity index (χ0v) is 18.8. The van der Waals surface area contributed by atoms with E-state index in [0.717, 1.165) is 55.0 Å². The van der Waals surface area contributed by atoms with Crippen LogP contribution in [0, 0.1) is 12.8 Å². The summed E-state index contributed by atoms with van der Waals surface area (Å²) < 4.78 is 5.41. The minimum atomic E-state index is -0.541. The predicted molar refractivity (Wildman–Crippen MR) is 128 cm³/mol. The number of para-hydroxylation sites is 1. The van der Waals surface area contributed by atoms with E-state index < -0.39 is 5.41 Å². The number of carbonyl (C=O) groups is 1. The summed E-state index contributed by atoms with van der Waals surface area (Å²) in [4.78, 5) is 16.2. The third-order valence-corrected chi connectivity index (χ3v) is 7.26. The van der Waals surface area contributed by atoms with Gasteiger partial charge in [0.2, 0.25) is 5.91 Å². The van der Waals surface area contributed by atoms with Crippen LogP contribution in [0.5, 0.6) is 5.75 Å². The quantitative estimate of drug-likeness (QED) is 0.627. The van der Waals surface area contributed by atoms with Gasteiger partial charge in [0.05, 0.1) is 12.5 Å². The topological polar surface area (TPSA) is 41.6 Å². The van der Waals surface area contributed by atoms with Crippen LogP contribution in [-0.2, 0) is 23.2 Å². The Labute approximate surface area is 190 Å². The molecule has 4 heteroatoms. The van der Waals surface area contributed by atoms with Crippen LogP contribution in [0.25, 0.3) is 0 Å². The minimum Gasteiger partial charge on any atom is -0.496 e. The fourth-order valence-electron chi connectivity index (χ4n) is 5.62. The summed E-state index contributed by atoms with van der Waals surface area (Å²) in [6, 6.07) is 25.0. The van der Waals surface area contributed by atoms with Crippen molar-refractivity contribution in [3.63, 3.8) is 0 Å². The number of methoxy groups -OCH3 is 1. The predicted octanol–water partition coefficient (Wildman–Crippen LogP) is 4.96. The number of rotatable bonds is 5. The van der Waals surface area contributed by atoms with Gasteiger partial charge >= 0.3 is 0 Å². The van der Waals surface area contributed by atoms with Gasteiger partial charge in [-0.15, -0.1) is 0 Å². The molecule has 2 heterocycles. The zero-order valence-electron chi connectivity index (χ0n) is 18.8. The number of likely N-dealkylation sites (tertiary alicyclic amines) is 1. The maximum Gasteiger partial charge on any atom is 0.235 e. The molecule has 1 amide bonds. The molecule has 0 aliphatic carbocycles. The number of hydrogen-bond acceptors (Lipinski definition) is 3. The molecule has 0 saturated carbocycles. The number of benzene rings is 3. The molecule has 5 rings (SSSR count). The second kappa shape index (κ2) is 8.44. The van der Waals surface area contributed by atoms with Crippen LogP contribution in [-0.4, -0.2) is 31.0 Å². The Morgan fingerprint density at radius 3 is 2.62 bits per heavy atom. The molecule has 0 spiro atoms. The summed E-state index contributed by atoms with van der Waals surface area (Å²) >= 11 is 0. The number of nitrogens with one attached hydrogen (secondary N) is 1. The molecule has 1 saturated heterocycles. The normalized spacial score (nSPS) is 22.9. The SMILES string of the molecule is COc1ccc(CN2CC[C@@H](C3(c4ccccc4)Cc4ccccc4NC3=O)C2)cc1C. The summed E-state index contributed by atoms with van der Waals surface area (Å²) in [7, 11) is 1.71. The van der Waals surface area contributed by atoms with Crippen molar-refractivity contribution in [3.05, 3.63) is 95.1 Å². The molecule has 2 aliphatic heterocycles. The average Bonchev–Trinajstić information content (AvgIpc) is 3.28. The van der Waals surface area contributed by atoms with Crippen molar-refractivity contribution in [2.45, 2.75) is 31.7 Å². The number of nitrogens with zero attached hydrogens (tertiary/aromatic N) is 1. The van der Waals surface area contributed by atoms with Crippen LogP contribution in [0.15, 0.2) is 72.8 Å². The molecule has 4 nitrogen and oxygen atoms in total. The molecule has 0 radical (unpaired) electrons. The fraction of sp³-hybridized carbons (Fsp3) is 0.321. The third kappa shape index (κ3) is 3.59. The standard InChI is InChI=1S/C28H30N2O2/c1-20-16-21(12-13-26(20)32-2)18-30-15-14-24(19-30)28(23-9-4-3-5-10-23)17-22-8-6-7-11-25(22)29-27(28)31/h3-13,16,24H,14-15,17-19H2,1-2H3,(H,29,31)/t24-,28?/m1/s1. The van der Waals surface area contributed by atoms with Gasteiger partial charge in [0.25, 0.3) is 0 Å². The molecule has 32 heavy (non-hydrogen) atoms. The van der Waals surface area contributed by atoms with E-state index in [1.807, 2.05) is 18.2 Å². The van der Waals surface area contributed by atoms with Gasteiger partial charge in [-0.05, 0) is 66.6 Å². The first-order valence-electron chi connectivity index (χ1n) is 11.4. The maximum atomic E-state index is 13.7. The Morgan fingerprint density at radius 1 is 1.06 bits per heavy atom. The highest BCUT2D eigenvalue weighted by Crippen LogP contribution is 2.45.